The Morgan fingerprint density at radius 2 is 1.81 bits per heavy atom. The van der Waals surface area contributed by atoms with E-state index in [1.165, 1.54) is 10.6 Å². The number of amides is 1. The van der Waals surface area contributed by atoms with Gasteiger partial charge in [-0.2, -0.15) is 0 Å². The SMILES string of the molecule is CS(=O)(=O)N1CCc2ccc(NC(=O)CCCC(=O)c3ccccc3)cc21. The maximum Gasteiger partial charge on any atom is 0.232 e. The molecule has 1 heterocycles. The molecule has 0 aromatic heterocycles. The zero-order chi connectivity index (χ0) is 19.4. The number of fused-ring (bicyclic) bond motifs is 1. The van der Waals surface area contributed by atoms with Gasteiger partial charge in [-0.1, -0.05) is 36.4 Å². The topological polar surface area (TPSA) is 83.6 Å². The van der Waals surface area contributed by atoms with Crippen LogP contribution in [0.1, 0.15) is 35.2 Å². The predicted molar refractivity (Wildman–Crippen MR) is 106 cm³/mol. The van der Waals surface area contributed by atoms with E-state index < -0.39 is 10.0 Å². The predicted octanol–water partition coefficient (Wildman–Crippen LogP) is 3.00. The van der Waals surface area contributed by atoms with Crippen LogP contribution in [-0.2, 0) is 21.2 Å². The minimum atomic E-state index is -3.33. The summed E-state index contributed by atoms with van der Waals surface area (Å²) in [6.07, 6.45) is 2.84. The molecule has 0 fully saturated rings. The lowest BCUT2D eigenvalue weighted by atomic mass is 10.1. The van der Waals surface area contributed by atoms with E-state index in [-0.39, 0.29) is 18.1 Å². The Kier molecular flexibility index (Phi) is 5.60. The highest BCUT2D eigenvalue weighted by Gasteiger charge is 2.26. The quantitative estimate of drug-likeness (QED) is 0.742. The number of ketones is 1. The minimum absolute atomic E-state index is 0.0183. The molecule has 0 radical (unpaired) electrons. The number of nitrogens with one attached hydrogen (secondary N) is 1. The van der Waals surface area contributed by atoms with E-state index in [4.69, 9.17) is 0 Å². The molecule has 0 aliphatic carbocycles. The molecule has 0 saturated heterocycles. The normalized spacial score (nSPS) is 13.3. The maximum absolute atomic E-state index is 12.2. The van der Waals surface area contributed by atoms with Crippen LogP contribution in [0.4, 0.5) is 11.4 Å². The fourth-order valence-electron chi connectivity index (χ4n) is 3.17. The Morgan fingerprint density at radius 3 is 2.52 bits per heavy atom. The molecule has 0 bridgehead atoms. The lowest BCUT2D eigenvalue weighted by molar-refractivity contribution is -0.116. The van der Waals surface area contributed by atoms with Crippen LogP contribution >= 0.6 is 0 Å². The van der Waals surface area contributed by atoms with E-state index in [0.717, 1.165) is 5.56 Å². The number of rotatable bonds is 7. The molecular formula is C20H22N2O4S. The molecule has 0 atom stereocenters. The fourth-order valence-corrected chi connectivity index (χ4v) is 4.12. The van der Waals surface area contributed by atoms with Crippen molar-refractivity contribution in [3.63, 3.8) is 0 Å². The molecule has 6 nitrogen and oxygen atoms in total. The first-order valence-electron chi connectivity index (χ1n) is 8.83. The van der Waals surface area contributed by atoms with Gasteiger partial charge in [-0.15, -0.1) is 0 Å². The average molecular weight is 386 g/mol. The van der Waals surface area contributed by atoms with E-state index in [9.17, 15) is 18.0 Å². The van der Waals surface area contributed by atoms with Crippen LogP contribution in [0.25, 0.3) is 0 Å². The first-order chi connectivity index (χ1) is 12.8. The van der Waals surface area contributed by atoms with Crippen molar-refractivity contribution in [2.75, 3.05) is 22.4 Å². The van der Waals surface area contributed by atoms with Gasteiger partial charge in [0, 0.05) is 30.6 Å². The molecule has 1 N–H and O–H groups in total. The van der Waals surface area contributed by atoms with Crippen molar-refractivity contribution < 1.29 is 18.0 Å². The van der Waals surface area contributed by atoms with Gasteiger partial charge in [0.2, 0.25) is 15.9 Å². The molecule has 142 valence electrons. The van der Waals surface area contributed by atoms with Gasteiger partial charge < -0.3 is 5.32 Å². The second-order valence-electron chi connectivity index (χ2n) is 6.62. The molecule has 0 unspecified atom stereocenters. The summed E-state index contributed by atoms with van der Waals surface area (Å²) in [6.45, 7) is 0.424. The summed E-state index contributed by atoms with van der Waals surface area (Å²) in [6, 6.07) is 14.3. The number of hydrogen-bond donors (Lipinski definition) is 1. The maximum atomic E-state index is 12.2. The Balaban J connectivity index is 1.55. The second kappa shape index (κ2) is 7.92. The number of benzene rings is 2. The van der Waals surface area contributed by atoms with Gasteiger partial charge in [0.25, 0.3) is 0 Å². The lowest BCUT2D eigenvalue weighted by Crippen LogP contribution is -2.27. The number of sulfonamides is 1. The number of carbonyl (C=O) groups excluding carboxylic acids is 2. The third-order valence-electron chi connectivity index (χ3n) is 4.53. The lowest BCUT2D eigenvalue weighted by Gasteiger charge is -2.17. The summed E-state index contributed by atoms with van der Waals surface area (Å²) in [5.74, 6) is -0.176. The highest BCUT2D eigenvalue weighted by atomic mass is 32.2. The molecule has 7 heteroatoms. The summed E-state index contributed by atoms with van der Waals surface area (Å²) in [5.41, 5.74) is 2.78. The Labute approximate surface area is 159 Å². The van der Waals surface area contributed by atoms with Crippen LogP contribution in [0.5, 0.6) is 0 Å². The number of nitrogens with zero attached hydrogens (tertiary/aromatic N) is 1. The highest BCUT2D eigenvalue weighted by molar-refractivity contribution is 7.92. The van der Waals surface area contributed by atoms with Crippen LogP contribution in [0, 0.1) is 0 Å². The molecular weight excluding hydrogens is 364 g/mol. The van der Waals surface area contributed by atoms with Crippen LogP contribution in [0.2, 0.25) is 0 Å². The van der Waals surface area contributed by atoms with Crippen molar-refractivity contribution >= 4 is 33.1 Å². The summed E-state index contributed by atoms with van der Waals surface area (Å²) < 4.78 is 25.1. The van der Waals surface area contributed by atoms with E-state index in [1.807, 2.05) is 24.3 Å². The highest BCUT2D eigenvalue weighted by Crippen LogP contribution is 2.32. The molecule has 0 saturated carbocycles. The van der Waals surface area contributed by atoms with Gasteiger partial charge in [-0.25, -0.2) is 8.42 Å². The number of carbonyl (C=O) groups is 2. The summed E-state index contributed by atoms with van der Waals surface area (Å²) in [5, 5.41) is 2.79. The third-order valence-corrected chi connectivity index (χ3v) is 5.71. The van der Waals surface area contributed by atoms with Crippen LogP contribution in [0.15, 0.2) is 48.5 Å². The molecule has 1 aliphatic heterocycles. The zero-order valence-electron chi connectivity index (χ0n) is 15.1. The first-order valence-corrected chi connectivity index (χ1v) is 10.7. The van der Waals surface area contributed by atoms with Gasteiger partial charge in [-0.3, -0.25) is 13.9 Å². The summed E-state index contributed by atoms with van der Waals surface area (Å²) in [7, 11) is -3.33. The minimum Gasteiger partial charge on any atom is -0.326 e. The third kappa shape index (κ3) is 4.74. The number of hydrogen-bond acceptors (Lipinski definition) is 4. The fraction of sp³-hybridized carbons (Fsp3) is 0.300. The molecule has 27 heavy (non-hydrogen) atoms. The van der Waals surface area contributed by atoms with Crippen molar-refractivity contribution in [2.45, 2.75) is 25.7 Å². The van der Waals surface area contributed by atoms with E-state index in [2.05, 4.69) is 5.32 Å². The van der Waals surface area contributed by atoms with Crippen LogP contribution in [0.3, 0.4) is 0 Å². The van der Waals surface area contributed by atoms with Gasteiger partial charge in [0.15, 0.2) is 5.78 Å². The summed E-state index contributed by atoms with van der Waals surface area (Å²) >= 11 is 0. The average Bonchev–Trinajstić information content (AvgIpc) is 3.06. The van der Waals surface area contributed by atoms with E-state index in [0.29, 0.717) is 42.7 Å². The largest absolute Gasteiger partial charge is 0.326 e. The molecule has 1 aliphatic rings. The molecule has 2 aromatic rings. The van der Waals surface area contributed by atoms with E-state index in [1.54, 1.807) is 24.3 Å². The Hall–Kier alpha value is -2.67. The van der Waals surface area contributed by atoms with Crippen molar-refractivity contribution in [3.05, 3.63) is 59.7 Å². The molecule has 3 rings (SSSR count). The molecule has 1 amide bonds. The monoisotopic (exact) mass is 386 g/mol. The van der Waals surface area contributed by atoms with Gasteiger partial charge in [0.1, 0.15) is 0 Å². The van der Waals surface area contributed by atoms with Crippen LogP contribution in [-0.4, -0.2) is 32.9 Å². The van der Waals surface area contributed by atoms with Gasteiger partial charge >= 0.3 is 0 Å². The second-order valence-corrected chi connectivity index (χ2v) is 8.53. The van der Waals surface area contributed by atoms with Crippen LogP contribution < -0.4 is 9.62 Å². The number of Topliss-reactive ketones (excluding diaryl/α,β-unsaturated/α-hetero) is 1. The Morgan fingerprint density at radius 1 is 1.07 bits per heavy atom. The first kappa shape index (κ1) is 19.1. The van der Waals surface area contributed by atoms with Gasteiger partial charge in [0.05, 0.1) is 11.9 Å². The molecule has 2 aromatic carbocycles. The Bertz CT molecular complexity index is 955. The van der Waals surface area contributed by atoms with E-state index >= 15 is 0 Å². The van der Waals surface area contributed by atoms with Gasteiger partial charge in [-0.05, 0) is 30.5 Å². The smallest absolute Gasteiger partial charge is 0.232 e. The molecule has 0 spiro atoms. The zero-order valence-corrected chi connectivity index (χ0v) is 16.0. The van der Waals surface area contributed by atoms with Crippen molar-refractivity contribution in [2.24, 2.45) is 0 Å². The summed E-state index contributed by atoms with van der Waals surface area (Å²) in [4.78, 5) is 24.2. The number of anilines is 2. The van der Waals surface area contributed by atoms with Crippen molar-refractivity contribution in [1.29, 1.82) is 0 Å². The van der Waals surface area contributed by atoms with Crippen molar-refractivity contribution in [1.82, 2.24) is 0 Å². The standard InChI is InChI=1S/C20H22N2O4S/c1-27(25,26)22-13-12-15-10-11-17(14-18(15)22)21-20(24)9-5-8-19(23)16-6-3-2-4-7-16/h2-4,6-7,10-11,14H,5,8-9,12-13H2,1H3,(H,21,24). The van der Waals surface area contributed by atoms with Crippen molar-refractivity contribution in [3.8, 4) is 0 Å².